The summed E-state index contributed by atoms with van der Waals surface area (Å²) in [5, 5.41) is 4.31. The standard InChI is InChI=1S/C17H16ClN3O2/c18-13-5-6-14(16-12(13)2-1-7-19-16)20-17(23)10-8-15(22)21(9-10)11-3-4-11/h1-2,5-7,10-11H,3-4,8-9H2,(H,20,23). The predicted molar refractivity (Wildman–Crippen MR) is 88.2 cm³/mol. The number of likely N-dealkylation sites (tertiary alicyclic amines) is 1. The van der Waals surface area contributed by atoms with Gasteiger partial charge in [0.15, 0.2) is 0 Å². The molecule has 1 N–H and O–H groups in total. The highest BCUT2D eigenvalue weighted by Crippen LogP contribution is 2.33. The SMILES string of the molecule is O=C(Nc1ccc(Cl)c2cccnc12)C1CC(=O)N(C2CC2)C1. The molecule has 0 bridgehead atoms. The Hall–Kier alpha value is -2.14. The lowest BCUT2D eigenvalue weighted by atomic mass is 10.1. The lowest BCUT2D eigenvalue weighted by Crippen LogP contribution is -2.29. The zero-order valence-electron chi connectivity index (χ0n) is 12.5. The molecule has 0 radical (unpaired) electrons. The first-order valence-electron chi connectivity index (χ1n) is 7.77. The topological polar surface area (TPSA) is 62.3 Å². The first-order chi connectivity index (χ1) is 11.1. The first kappa shape index (κ1) is 14.5. The fourth-order valence-electron chi connectivity index (χ4n) is 3.12. The zero-order chi connectivity index (χ0) is 16.0. The van der Waals surface area contributed by atoms with Gasteiger partial charge in [0, 0.05) is 30.6 Å². The van der Waals surface area contributed by atoms with E-state index in [-0.39, 0.29) is 17.7 Å². The molecule has 1 aromatic heterocycles. The van der Waals surface area contributed by atoms with Crippen LogP contribution in [0.1, 0.15) is 19.3 Å². The fraction of sp³-hybridized carbons (Fsp3) is 0.353. The number of halogens is 1. The van der Waals surface area contributed by atoms with E-state index < -0.39 is 0 Å². The van der Waals surface area contributed by atoms with E-state index in [4.69, 9.17) is 11.6 Å². The largest absolute Gasteiger partial charge is 0.339 e. The average molecular weight is 330 g/mol. The second kappa shape index (κ2) is 5.49. The third-order valence-electron chi connectivity index (χ3n) is 4.49. The van der Waals surface area contributed by atoms with Crippen molar-refractivity contribution in [3.05, 3.63) is 35.5 Å². The number of hydrogen-bond acceptors (Lipinski definition) is 3. The van der Waals surface area contributed by atoms with Crippen LogP contribution in [0.5, 0.6) is 0 Å². The van der Waals surface area contributed by atoms with Gasteiger partial charge >= 0.3 is 0 Å². The number of rotatable bonds is 3. The van der Waals surface area contributed by atoms with Crippen molar-refractivity contribution in [2.45, 2.75) is 25.3 Å². The number of aromatic nitrogens is 1. The summed E-state index contributed by atoms with van der Waals surface area (Å²) in [5.74, 6) is -0.333. The zero-order valence-corrected chi connectivity index (χ0v) is 13.2. The summed E-state index contributed by atoms with van der Waals surface area (Å²) < 4.78 is 0. The summed E-state index contributed by atoms with van der Waals surface area (Å²) in [7, 11) is 0. The Morgan fingerprint density at radius 3 is 2.91 bits per heavy atom. The van der Waals surface area contributed by atoms with Crippen LogP contribution in [0.4, 0.5) is 5.69 Å². The summed E-state index contributed by atoms with van der Waals surface area (Å²) in [6, 6.07) is 7.54. The van der Waals surface area contributed by atoms with Gasteiger partial charge in [-0.05, 0) is 37.1 Å². The van der Waals surface area contributed by atoms with Gasteiger partial charge in [0.2, 0.25) is 11.8 Å². The number of amides is 2. The number of carbonyl (C=O) groups is 2. The smallest absolute Gasteiger partial charge is 0.229 e. The number of carbonyl (C=O) groups excluding carboxylic acids is 2. The number of anilines is 1. The van der Waals surface area contributed by atoms with Crippen molar-refractivity contribution in [1.29, 1.82) is 0 Å². The molecule has 1 aromatic carbocycles. The van der Waals surface area contributed by atoms with Crippen molar-refractivity contribution in [3.63, 3.8) is 0 Å². The molecule has 0 spiro atoms. The van der Waals surface area contributed by atoms with Gasteiger partial charge in [-0.3, -0.25) is 14.6 Å². The number of pyridine rings is 1. The van der Waals surface area contributed by atoms with Crippen LogP contribution >= 0.6 is 11.6 Å². The van der Waals surface area contributed by atoms with Gasteiger partial charge in [-0.1, -0.05) is 11.6 Å². The molecule has 4 rings (SSSR count). The molecule has 1 saturated carbocycles. The minimum atomic E-state index is -0.294. The molecule has 2 aliphatic rings. The molecule has 1 unspecified atom stereocenters. The highest BCUT2D eigenvalue weighted by molar-refractivity contribution is 6.35. The van der Waals surface area contributed by atoms with Crippen molar-refractivity contribution >= 4 is 40.0 Å². The predicted octanol–water partition coefficient (Wildman–Crippen LogP) is 2.84. The Balaban J connectivity index is 1.55. The maximum Gasteiger partial charge on any atom is 0.229 e. The van der Waals surface area contributed by atoms with Crippen LogP contribution in [0.3, 0.4) is 0 Å². The van der Waals surface area contributed by atoms with Crippen LogP contribution in [0.15, 0.2) is 30.5 Å². The van der Waals surface area contributed by atoms with Gasteiger partial charge in [0.05, 0.1) is 22.1 Å². The molecular formula is C17H16ClN3O2. The third kappa shape index (κ3) is 2.65. The Bertz CT molecular complexity index is 804. The lowest BCUT2D eigenvalue weighted by Gasteiger charge is -2.15. The van der Waals surface area contributed by atoms with Gasteiger partial charge in [-0.2, -0.15) is 0 Å². The normalized spacial score (nSPS) is 21.0. The van der Waals surface area contributed by atoms with E-state index in [1.54, 1.807) is 18.3 Å². The molecule has 118 valence electrons. The van der Waals surface area contributed by atoms with E-state index in [0.717, 1.165) is 18.2 Å². The molecule has 1 aliphatic heterocycles. The number of nitrogens with zero attached hydrogens (tertiary/aromatic N) is 2. The molecule has 1 atom stereocenters. The van der Waals surface area contributed by atoms with Crippen LogP contribution in [0, 0.1) is 5.92 Å². The number of benzene rings is 1. The van der Waals surface area contributed by atoms with Crippen LogP contribution in [-0.4, -0.2) is 34.3 Å². The Labute approximate surface area is 138 Å². The van der Waals surface area contributed by atoms with Crippen molar-refractivity contribution < 1.29 is 9.59 Å². The second-order valence-electron chi connectivity index (χ2n) is 6.16. The monoisotopic (exact) mass is 329 g/mol. The molecular weight excluding hydrogens is 314 g/mol. The van der Waals surface area contributed by atoms with E-state index in [2.05, 4.69) is 10.3 Å². The minimum absolute atomic E-state index is 0.0896. The fourth-order valence-corrected chi connectivity index (χ4v) is 3.34. The van der Waals surface area contributed by atoms with Gasteiger partial charge in [-0.15, -0.1) is 0 Å². The lowest BCUT2D eigenvalue weighted by molar-refractivity contribution is -0.128. The molecule has 23 heavy (non-hydrogen) atoms. The minimum Gasteiger partial charge on any atom is -0.339 e. The second-order valence-corrected chi connectivity index (χ2v) is 6.57. The van der Waals surface area contributed by atoms with Crippen molar-refractivity contribution in [3.8, 4) is 0 Å². The highest BCUT2D eigenvalue weighted by Gasteiger charge is 2.41. The summed E-state index contributed by atoms with van der Waals surface area (Å²) in [5.41, 5.74) is 1.30. The van der Waals surface area contributed by atoms with Crippen LogP contribution in [0.2, 0.25) is 5.02 Å². The summed E-state index contributed by atoms with van der Waals surface area (Å²) >= 11 is 6.17. The number of fused-ring (bicyclic) bond motifs is 1. The molecule has 6 heteroatoms. The van der Waals surface area contributed by atoms with E-state index in [1.807, 2.05) is 17.0 Å². The van der Waals surface area contributed by atoms with Gasteiger partial charge in [-0.25, -0.2) is 0 Å². The van der Waals surface area contributed by atoms with Crippen molar-refractivity contribution in [2.24, 2.45) is 5.92 Å². The number of hydrogen-bond donors (Lipinski definition) is 1. The highest BCUT2D eigenvalue weighted by atomic mass is 35.5. The molecule has 2 fully saturated rings. The molecule has 5 nitrogen and oxygen atoms in total. The molecule has 2 aromatic rings. The van der Waals surface area contributed by atoms with Crippen LogP contribution < -0.4 is 5.32 Å². The molecule has 2 heterocycles. The van der Waals surface area contributed by atoms with E-state index in [1.165, 1.54) is 0 Å². The summed E-state index contributed by atoms with van der Waals surface area (Å²) in [6.07, 6.45) is 4.08. The number of nitrogens with one attached hydrogen (secondary N) is 1. The quantitative estimate of drug-likeness (QED) is 0.941. The van der Waals surface area contributed by atoms with Gasteiger partial charge < -0.3 is 10.2 Å². The third-order valence-corrected chi connectivity index (χ3v) is 4.82. The maximum atomic E-state index is 12.5. The summed E-state index contributed by atoms with van der Waals surface area (Å²) in [6.45, 7) is 0.522. The average Bonchev–Trinajstić information content (AvgIpc) is 3.32. The van der Waals surface area contributed by atoms with Crippen LogP contribution in [0.25, 0.3) is 10.9 Å². The van der Waals surface area contributed by atoms with Crippen LogP contribution in [-0.2, 0) is 9.59 Å². The molecule has 1 saturated heterocycles. The molecule has 2 amide bonds. The van der Waals surface area contributed by atoms with Gasteiger partial charge in [0.25, 0.3) is 0 Å². The molecule has 1 aliphatic carbocycles. The first-order valence-corrected chi connectivity index (χ1v) is 8.15. The van der Waals surface area contributed by atoms with Crippen molar-refractivity contribution in [2.75, 3.05) is 11.9 Å². The summed E-state index contributed by atoms with van der Waals surface area (Å²) in [4.78, 5) is 30.7. The van der Waals surface area contributed by atoms with E-state index in [9.17, 15) is 9.59 Å². The maximum absolute atomic E-state index is 12.5. The Kier molecular flexibility index (Phi) is 3.45. The van der Waals surface area contributed by atoms with Gasteiger partial charge in [0.1, 0.15) is 0 Å². The van der Waals surface area contributed by atoms with E-state index in [0.29, 0.717) is 35.2 Å². The van der Waals surface area contributed by atoms with Crippen molar-refractivity contribution in [1.82, 2.24) is 9.88 Å². The Morgan fingerprint density at radius 2 is 2.13 bits per heavy atom. The Morgan fingerprint density at radius 1 is 1.30 bits per heavy atom. The van der Waals surface area contributed by atoms with E-state index >= 15 is 0 Å².